The van der Waals surface area contributed by atoms with Crippen molar-refractivity contribution in [3.8, 4) is 0 Å². The molecule has 0 amide bonds. The zero-order valence-electron chi connectivity index (χ0n) is 11.4. The van der Waals surface area contributed by atoms with Crippen molar-refractivity contribution in [2.24, 2.45) is 0 Å². The van der Waals surface area contributed by atoms with E-state index in [1.165, 1.54) is 22.4 Å². The first-order chi connectivity index (χ1) is 8.66. The van der Waals surface area contributed by atoms with E-state index in [4.69, 9.17) is 0 Å². The Kier molecular flexibility index (Phi) is 4.03. The second-order valence-electron chi connectivity index (χ2n) is 5.08. The van der Waals surface area contributed by atoms with E-state index in [0.29, 0.717) is 5.92 Å². The van der Waals surface area contributed by atoms with E-state index in [2.05, 4.69) is 74.6 Å². The van der Waals surface area contributed by atoms with Gasteiger partial charge in [-0.05, 0) is 30.0 Å². The van der Waals surface area contributed by atoms with Crippen LogP contribution in [0.2, 0.25) is 0 Å². The molecule has 0 aromatic heterocycles. The molecule has 1 N–H and O–H groups in total. The lowest BCUT2D eigenvalue weighted by atomic mass is 10.0. The number of hydrogen-bond acceptors (Lipinski definition) is 1. The minimum Gasteiger partial charge on any atom is -0.381 e. The Bertz CT molecular complexity index is 497. The van der Waals surface area contributed by atoms with Crippen molar-refractivity contribution in [3.05, 3.63) is 65.2 Å². The van der Waals surface area contributed by atoms with E-state index in [-0.39, 0.29) is 0 Å². The van der Waals surface area contributed by atoms with E-state index < -0.39 is 0 Å². The molecule has 0 unspecified atom stereocenters. The van der Waals surface area contributed by atoms with Gasteiger partial charge in [0.15, 0.2) is 0 Å². The Morgan fingerprint density at radius 2 is 1.61 bits per heavy atom. The van der Waals surface area contributed by atoms with Crippen molar-refractivity contribution in [1.82, 2.24) is 0 Å². The fraction of sp³-hybridized carbons (Fsp3) is 0.294. The van der Waals surface area contributed by atoms with Gasteiger partial charge in [-0.15, -0.1) is 0 Å². The highest BCUT2D eigenvalue weighted by molar-refractivity contribution is 5.52. The lowest BCUT2D eigenvalue weighted by Crippen LogP contribution is -2.03. The summed E-state index contributed by atoms with van der Waals surface area (Å²) in [5.74, 6) is 0.548. The van der Waals surface area contributed by atoms with Gasteiger partial charge in [0, 0.05) is 12.2 Å². The number of benzene rings is 2. The highest BCUT2D eigenvalue weighted by Gasteiger charge is 2.04. The Morgan fingerprint density at radius 1 is 0.944 bits per heavy atom. The maximum absolute atomic E-state index is 3.53. The van der Waals surface area contributed by atoms with Crippen LogP contribution >= 0.6 is 0 Å². The zero-order chi connectivity index (χ0) is 13.0. The summed E-state index contributed by atoms with van der Waals surface area (Å²) >= 11 is 0. The van der Waals surface area contributed by atoms with Crippen LogP contribution < -0.4 is 5.32 Å². The van der Waals surface area contributed by atoms with Crippen molar-refractivity contribution in [3.63, 3.8) is 0 Å². The van der Waals surface area contributed by atoms with Crippen LogP contribution in [-0.4, -0.2) is 0 Å². The maximum atomic E-state index is 3.53. The quantitative estimate of drug-likeness (QED) is 0.813. The Balaban J connectivity index is 2.08. The SMILES string of the molecule is Cc1ccc(CNc2ccccc2C(C)C)cc1. The Morgan fingerprint density at radius 3 is 2.28 bits per heavy atom. The molecule has 94 valence electrons. The van der Waals surface area contributed by atoms with Crippen molar-refractivity contribution in [1.29, 1.82) is 0 Å². The molecule has 2 aromatic rings. The summed E-state index contributed by atoms with van der Waals surface area (Å²) in [6, 6.07) is 17.2. The van der Waals surface area contributed by atoms with E-state index in [1.54, 1.807) is 0 Å². The zero-order valence-corrected chi connectivity index (χ0v) is 11.4. The summed E-state index contributed by atoms with van der Waals surface area (Å²) in [7, 11) is 0. The van der Waals surface area contributed by atoms with Gasteiger partial charge in [-0.1, -0.05) is 61.9 Å². The van der Waals surface area contributed by atoms with Crippen LogP contribution in [0.4, 0.5) is 5.69 Å². The van der Waals surface area contributed by atoms with Crippen LogP contribution in [0.1, 0.15) is 36.5 Å². The molecular weight excluding hydrogens is 218 g/mol. The van der Waals surface area contributed by atoms with E-state index in [9.17, 15) is 0 Å². The van der Waals surface area contributed by atoms with Gasteiger partial charge in [-0.3, -0.25) is 0 Å². The Hall–Kier alpha value is -1.76. The van der Waals surface area contributed by atoms with E-state index in [0.717, 1.165) is 6.54 Å². The number of para-hydroxylation sites is 1. The molecule has 0 radical (unpaired) electrons. The molecular formula is C17H21N. The van der Waals surface area contributed by atoms with Gasteiger partial charge in [0.2, 0.25) is 0 Å². The second kappa shape index (κ2) is 5.72. The molecule has 0 aliphatic rings. The number of rotatable bonds is 4. The number of hydrogen-bond donors (Lipinski definition) is 1. The number of nitrogens with one attached hydrogen (secondary N) is 1. The monoisotopic (exact) mass is 239 g/mol. The van der Waals surface area contributed by atoms with Gasteiger partial charge in [0.25, 0.3) is 0 Å². The lowest BCUT2D eigenvalue weighted by molar-refractivity contribution is 0.865. The fourth-order valence-electron chi connectivity index (χ4n) is 2.06. The highest BCUT2D eigenvalue weighted by Crippen LogP contribution is 2.24. The summed E-state index contributed by atoms with van der Waals surface area (Å²) in [4.78, 5) is 0. The molecule has 0 aliphatic carbocycles. The van der Waals surface area contributed by atoms with Gasteiger partial charge in [0.1, 0.15) is 0 Å². The smallest absolute Gasteiger partial charge is 0.0400 e. The predicted molar refractivity (Wildman–Crippen MR) is 79.0 cm³/mol. The standard InChI is InChI=1S/C17H21N/c1-13(2)16-6-4-5-7-17(16)18-12-15-10-8-14(3)9-11-15/h4-11,13,18H,12H2,1-3H3. The molecule has 18 heavy (non-hydrogen) atoms. The third-order valence-electron chi connectivity index (χ3n) is 3.19. The largest absolute Gasteiger partial charge is 0.381 e. The molecule has 0 spiro atoms. The molecule has 2 rings (SSSR count). The summed E-state index contributed by atoms with van der Waals surface area (Å²) in [5.41, 5.74) is 5.25. The van der Waals surface area contributed by atoms with Crippen LogP contribution in [0, 0.1) is 6.92 Å². The summed E-state index contributed by atoms with van der Waals surface area (Å²) in [6.07, 6.45) is 0. The second-order valence-corrected chi connectivity index (χ2v) is 5.08. The van der Waals surface area contributed by atoms with E-state index in [1.807, 2.05) is 0 Å². The molecule has 1 nitrogen and oxygen atoms in total. The van der Waals surface area contributed by atoms with Gasteiger partial charge >= 0.3 is 0 Å². The highest BCUT2D eigenvalue weighted by atomic mass is 14.9. The Labute approximate surface area is 110 Å². The maximum Gasteiger partial charge on any atom is 0.0400 e. The first-order valence-corrected chi connectivity index (χ1v) is 6.55. The number of anilines is 1. The molecule has 0 bridgehead atoms. The van der Waals surface area contributed by atoms with Crippen LogP contribution in [-0.2, 0) is 6.54 Å². The van der Waals surface area contributed by atoms with Gasteiger partial charge in [0.05, 0.1) is 0 Å². The minimum atomic E-state index is 0.548. The molecule has 0 fully saturated rings. The van der Waals surface area contributed by atoms with Crippen LogP contribution in [0.3, 0.4) is 0 Å². The minimum absolute atomic E-state index is 0.548. The van der Waals surface area contributed by atoms with Crippen LogP contribution in [0.5, 0.6) is 0 Å². The van der Waals surface area contributed by atoms with E-state index >= 15 is 0 Å². The van der Waals surface area contributed by atoms with Gasteiger partial charge < -0.3 is 5.32 Å². The molecule has 0 atom stereocenters. The molecule has 1 heteroatoms. The van der Waals surface area contributed by atoms with Crippen LogP contribution in [0.25, 0.3) is 0 Å². The van der Waals surface area contributed by atoms with Gasteiger partial charge in [-0.2, -0.15) is 0 Å². The van der Waals surface area contributed by atoms with Crippen molar-refractivity contribution in [2.45, 2.75) is 33.2 Å². The van der Waals surface area contributed by atoms with Gasteiger partial charge in [-0.25, -0.2) is 0 Å². The third-order valence-corrected chi connectivity index (χ3v) is 3.19. The topological polar surface area (TPSA) is 12.0 Å². The molecule has 2 aromatic carbocycles. The molecule has 0 heterocycles. The molecule has 0 saturated heterocycles. The van der Waals surface area contributed by atoms with Crippen molar-refractivity contribution < 1.29 is 0 Å². The molecule has 0 aliphatic heterocycles. The van der Waals surface area contributed by atoms with Crippen molar-refractivity contribution in [2.75, 3.05) is 5.32 Å². The summed E-state index contributed by atoms with van der Waals surface area (Å²) in [6.45, 7) is 7.45. The molecule has 0 saturated carbocycles. The average Bonchev–Trinajstić information content (AvgIpc) is 2.38. The van der Waals surface area contributed by atoms with Crippen LogP contribution in [0.15, 0.2) is 48.5 Å². The number of aryl methyl sites for hydroxylation is 1. The first kappa shape index (κ1) is 12.7. The summed E-state index contributed by atoms with van der Waals surface area (Å²) < 4.78 is 0. The fourth-order valence-corrected chi connectivity index (χ4v) is 2.06. The predicted octanol–water partition coefficient (Wildman–Crippen LogP) is 4.73. The summed E-state index contributed by atoms with van der Waals surface area (Å²) in [5, 5.41) is 3.53. The van der Waals surface area contributed by atoms with Crippen molar-refractivity contribution >= 4 is 5.69 Å². The first-order valence-electron chi connectivity index (χ1n) is 6.55. The average molecular weight is 239 g/mol. The normalized spacial score (nSPS) is 10.7. The lowest BCUT2D eigenvalue weighted by Gasteiger charge is -2.14. The third kappa shape index (κ3) is 3.13.